The zero-order chi connectivity index (χ0) is 25.8. The van der Waals surface area contributed by atoms with Gasteiger partial charge in [-0.05, 0) is 50.5 Å². The third-order valence-corrected chi connectivity index (χ3v) is 6.91. The maximum Gasteiger partial charge on any atom is 0.293 e. The van der Waals surface area contributed by atoms with Gasteiger partial charge in [0, 0.05) is 26.2 Å². The van der Waals surface area contributed by atoms with Gasteiger partial charge in [-0.15, -0.1) is 5.10 Å². The molecule has 2 amide bonds. The summed E-state index contributed by atoms with van der Waals surface area (Å²) in [6, 6.07) is 13.1. The van der Waals surface area contributed by atoms with Crippen LogP contribution < -0.4 is 10.2 Å². The average molecular weight is 504 g/mol. The summed E-state index contributed by atoms with van der Waals surface area (Å²) in [6.07, 6.45) is 3.70. The summed E-state index contributed by atoms with van der Waals surface area (Å²) in [7, 11) is 0. The van der Waals surface area contributed by atoms with Crippen molar-refractivity contribution in [2.45, 2.75) is 32.3 Å². The summed E-state index contributed by atoms with van der Waals surface area (Å²) in [4.78, 5) is 46.4. The van der Waals surface area contributed by atoms with Gasteiger partial charge in [-0.25, -0.2) is 4.98 Å². The molecule has 1 saturated carbocycles. The van der Waals surface area contributed by atoms with Gasteiger partial charge in [0.25, 0.3) is 12.4 Å². The quantitative estimate of drug-likeness (QED) is 0.487. The molecule has 0 bridgehead atoms. The van der Waals surface area contributed by atoms with Crippen LogP contribution in [0, 0.1) is 12.8 Å². The van der Waals surface area contributed by atoms with Gasteiger partial charge >= 0.3 is 0 Å². The zero-order valence-electron chi connectivity index (χ0n) is 20.6. The lowest BCUT2D eigenvalue weighted by Crippen LogP contribution is -2.51. The number of ether oxygens (including phenoxy) is 1. The van der Waals surface area contributed by atoms with E-state index >= 15 is 0 Å². The first-order chi connectivity index (χ1) is 18.0. The zero-order valence-corrected chi connectivity index (χ0v) is 20.6. The van der Waals surface area contributed by atoms with Gasteiger partial charge in [-0.2, -0.15) is 9.90 Å². The summed E-state index contributed by atoms with van der Waals surface area (Å²) in [5, 5.41) is 11.5. The Morgan fingerprint density at radius 1 is 1.03 bits per heavy atom. The van der Waals surface area contributed by atoms with E-state index in [0.717, 1.165) is 30.8 Å². The number of hydrogen-bond acceptors (Lipinski definition) is 8. The minimum absolute atomic E-state index is 0.0644. The number of amides is 2. The maximum atomic E-state index is 12.9. The van der Waals surface area contributed by atoms with Gasteiger partial charge in [0.15, 0.2) is 5.69 Å². The fraction of sp³-hybridized carbons (Fsp3) is 0.385. The van der Waals surface area contributed by atoms with Gasteiger partial charge in [0.1, 0.15) is 11.9 Å². The van der Waals surface area contributed by atoms with Crippen molar-refractivity contribution in [3.63, 3.8) is 0 Å². The molecule has 1 N–H and O–H groups in total. The highest BCUT2D eigenvalue weighted by atomic mass is 16.5. The molecule has 2 aromatic heterocycles. The number of carbonyl (C=O) groups excluding carboxylic acids is 3. The van der Waals surface area contributed by atoms with E-state index in [1.54, 1.807) is 19.2 Å². The number of nitrogens with zero attached hydrogens (tertiary/aromatic N) is 6. The number of piperazine rings is 1. The SMILES string of the molecule is Cc1nn(-c2ccccc2)nc1C(=O)Nc1ccc(N2CCN(C(=O)C3CCCC3OC=O)CC2)nc1. The highest BCUT2D eigenvalue weighted by molar-refractivity contribution is 6.03. The van der Waals surface area contributed by atoms with E-state index in [2.05, 4.69) is 25.4 Å². The lowest BCUT2D eigenvalue weighted by atomic mass is 10.0. The molecule has 1 saturated heterocycles. The molecule has 2 aliphatic rings. The Kier molecular flexibility index (Phi) is 7.11. The number of benzene rings is 1. The Hall–Kier alpha value is -4.28. The molecule has 0 spiro atoms. The van der Waals surface area contributed by atoms with Crippen LogP contribution in [0.5, 0.6) is 0 Å². The van der Waals surface area contributed by atoms with Gasteiger partial charge in [0.2, 0.25) is 5.91 Å². The molecule has 11 heteroatoms. The van der Waals surface area contributed by atoms with Crippen LogP contribution in [0.2, 0.25) is 0 Å². The van der Waals surface area contributed by atoms with Crippen LogP contribution in [0.15, 0.2) is 48.7 Å². The Bertz CT molecular complexity index is 1250. The fourth-order valence-electron chi connectivity index (χ4n) is 4.94. The number of para-hydroxylation sites is 1. The minimum Gasteiger partial charge on any atom is -0.464 e. The normalized spacial score (nSPS) is 19.5. The number of rotatable bonds is 7. The standard InChI is InChI=1S/C26H29N7O4/c1-18-24(30-33(29-18)20-6-3-2-4-7-20)25(35)28-19-10-11-23(27-16-19)31-12-14-32(15-13-31)26(36)21-8-5-9-22(21)37-17-34/h2-4,6-7,10-11,16-17,21-22H,5,8-9,12-15H2,1H3,(H,28,35). The molecule has 2 fully saturated rings. The van der Waals surface area contributed by atoms with Crippen LogP contribution in [-0.4, -0.2) is 75.4 Å². The summed E-state index contributed by atoms with van der Waals surface area (Å²) in [6.45, 7) is 4.66. The van der Waals surface area contributed by atoms with Gasteiger partial charge < -0.3 is 19.9 Å². The fourth-order valence-corrected chi connectivity index (χ4v) is 4.94. The number of hydrogen-bond donors (Lipinski definition) is 1. The van der Waals surface area contributed by atoms with Gasteiger partial charge in [-0.1, -0.05) is 18.2 Å². The molecule has 1 aliphatic carbocycles. The van der Waals surface area contributed by atoms with E-state index in [9.17, 15) is 14.4 Å². The highest BCUT2D eigenvalue weighted by Crippen LogP contribution is 2.30. The van der Waals surface area contributed by atoms with Crippen LogP contribution in [0.25, 0.3) is 5.69 Å². The predicted molar refractivity (Wildman–Crippen MR) is 135 cm³/mol. The van der Waals surface area contributed by atoms with Crippen LogP contribution in [-0.2, 0) is 14.3 Å². The number of anilines is 2. The Morgan fingerprint density at radius 2 is 1.81 bits per heavy atom. The topological polar surface area (TPSA) is 123 Å². The van der Waals surface area contributed by atoms with Gasteiger partial charge in [0.05, 0.1) is 29.2 Å². The third-order valence-electron chi connectivity index (χ3n) is 6.91. The predicted octanol–water partition coefficient (Wildman–Crippen LogP) is 2.21. The first-order valence-electron chi connectivity index (χ1n) is 12.4. The van der Waals surface area contributed by atoms with Crippen LogP contribution in [0.3, 0.4) is 0 Å². The summed E-state index contributed by atoms with van der Waals surface area (Å²) in [5.41, 5.74) is 2.10. The van der Waals surface area contributed by atoms with E-state index < -0.39 is 0 Å². The number of aromatic nitrogens is 4. The second-order valence-electron chi connectivity index (χ2n) is 9.24. The lowest BCUT2D eigenvalue weighted by molar-refractivity contribution is -0.144. The number of aryl methyl sites for hydroxylation is 1. The van der Waals surface area contributed by atoms with Crippen molar-refractivity contribution in [3.05, 3.63) is 60.0 Å². The second kappa shape index (κ2) is 10.8. The molecule has 0 radical (unpaired) electrons. The first kappa shape index (κ1) is 24.4. The molecule has 2 atom stereocenters. The third kappa shape index (κ3) is 5.30. The monoisotopic (exact) mass is 503 g/mol. The van der Waals surface area contributed by atoms with Crippen molar-refractivity contribution in [3.8, 4) is 5.69 Å². The Labute approximate surface area is 214 Å². The Morgan fingerprint density at radius 3 is 2.51 bits per heavy atom. The van der Waals surface area contributed by atoms with Crippen LogP contribution >= 0.6 is 0 Å². The van der Waals surface area contributed by atoms with Crippen molar-refractivity contribution < 1.29 is 19.1 Å². The average Bonchev–Trinajstić information content (AvgIpc) is 3.56. The molecular weight excluding hydrogens is 474 g/mol. The number of pyridine rings is 1. The molecule has 1 aliphatic heterocycles. The molecule has 3 aromatic rings. The van der Waals surface area contributed by atoms with Gasteiger partial charge in [-0.3, -0.25) is 14.4 Å². The second-order valence-corrected chi connectivity index (χ2v) is 9.24. The van der Waals surface area contributed by atoms with E-state index in [1.165, 1.54) is 4.80 Å². The number of nitrogens with one attached hydrogen (secondary N) is 1. The smallest absolute Gasteiger partial charge is 0.293 e. The largest absolute Gasteiger partial charge is 0.464 e. The summed E-state index contributed by atoms with van der Waals surface area (Å²) < 4.78 is 5.13. The number of carbonyl (C=O) groups is 3. The lowest BCUT2D eigenvalue weighted by Gasteiger charge is -2.37. The summed E-state index contributed by atoms with van der Waals surface area (Å²) >= 11 is 0. The molecular formula is C26H29N7O4. The van der Waals surface area contributed by atoms with Crippen molar-refractivity contribution in [1.82, 2.24) is 24.9 Å². The molecule has 5 rings (SSSR count). The van der Waals surface area contributed by atoms with Crippen LogP contribution in [0.4, 0.5) is 11.5 Å². The van der Waals surface area contributed by atoms with Crippen LogP contribution in [0.1, 0.15) is 35.4 Å². The van der Waals surface area contributed by atoms with Crippen molar-refractivity contribution in [2.24, 2.45) is 5.92 Å². The molecule has 2 unspecified atom stereocenters. The molecule has 192 valence electrons. The molecule has 1 aromatic carbocycles. The van der Waals surface area contributed by atoms with Crippen molar-refractivity contribution in [2.75, 3.05) is 36.4 Å². The molecule has 37 heavy (non-hydrogen) atoms. The maximum absolute atomic E-state index is 12.9. The van der Waals surface area contributed by atoms with E-state index in [1.807, 2.05) is 41.3 Å². The Balaban J connectivity index is 1.16. The van der Waals surface area contributed by atoms with E-state index in [0.29, 0.717) is 44.0 Å². The first-order valence-corrected chi connectivity index (χ1v) is 12.4. The van der Waals surface area contributed by atoms with Crippen molar-refractivity contribution in [1.29, 1.82) is 0 Å². The molecule has 11 nitrogen and oxygen atoms in total. The van der Waals surface area contributed by atoms with Crippen molar-refractivity contribution >= 4 is 29.8 Å². The highest BCUT2D eigenvalue weighted by Gasteiger charge is 2.37. The molecule has 3 heterocycles. The minimum atomic E-state index is -0.356. The van der Waals surface area contributed by atoms with E-state index in [-0.39, 0.29) is 29.5 Å². The summed E-state index contributed by atoms with van der Waals surface area (Å²) in [5.74, 6) is 0.245. The van der Waals surface area contributed by atoms with E-state index in [4.69, 9.17) is 4.74 Å².